The number of nitrogens with zero attached hydrogens (tertiary/aromatic N) is 1. The van der Waals surface area contributed by atoms with E-state index in [1.54, 1.807) is 0 Å². The smallest absolute Gasteiger partial charge is 0.255 e. The van der Waals surface area contributed by atoms with Crippen molar-refractivity contribution in [1.82, 2.24) is 10.2 Å². The van der Waals surface area contributed by atoms with Gasteiger partial charge >= 0.3 is 11.0 Å². The van der Waals surface area contributed by atoms with Gasteiger partial charge in [0.1, 0.15) is 5.01 Å². The summed E-state index contributed by atoms with van der Waals surface area (Å²) < 4.78 is 37.7. The van der Waals surface area contributed by atoms with Gasteiger partial charge in [-0.1, -0.05) is 29.0 Å². The molecule has 2 aromatic rings. The third kappa shape index (κ3) is 2.50. The molecule has 0 saturated carbocycles. The zero-order chi connectivity index (χ0) is 12.6. The topological polar surface area (TPSA) is 45.8 Å². The zero-order valence-electron chi connectivity index (χ0n) is 8.01. The Morgan fingerprint density at radius 1 is 1.35 bits per heavy atom. The first-order valence-electron chi connectivity index (χ1n) is 4.30. The molecule has 3 nitrogen and oxygen atoms in total. The van der Waals surface area contributed by atoms with Gasteiger partial charge in [0.25, 0.3) is 0 Å². The van der Waals surface area contributed by atoms with Crippen LogP contribution in [0.15, 0.2) is 23.0 Å². The number of aromatic nitrogens is 2. The first kappa shape index (κ1) is 12.1. The predicted octanol–water partition coefficient (Wildman–Crippen LogP) is 3.17. The monoisotopic (exact) mass is 280 g/mol. The number of aromatic amines is 1. The highest BCUT2D eigenvalue weighted by molar-refractivity contribution is 7.12. The minimum atomic E-state index is -4.53. The van der Waals surface area contributed by atoms with Crippen LogP contribution < -0.4 is 4.87 Å². The summed E-state index contributed by atoms with van der Waals surface area (Å²) in [6.07, 6.45) is -4.53. The predicted molar refractivity (Wildman–Crippen MR) is 58.2 cm³/mol. The van der Waals surface area contributed by atoms with Crippen LogP contribution in [-0.4, -0.2) is 10.2 Å². The van der Waals surface area contributed by atoms with Crippen LogP contribution in [0.1, 0.15) is 5.56 Å². The molecule has 0 saturated heterocycles. The Hall–Kier alpha value is -1.34. The molecule has 0 atom stereocenters. The number of rotatable bonds is 1. The normalized spacial score (nSPS) is 11.8. The summed E-state index contributed by atoms with van der Waals surface area (Å²) in [6.45, 7) is 0. The molecule has 90 valence electrons. The molecule has 1 aromatic carbocycles. The Kier molecular flexibility index (Phi) is 2.96. The van der Waals surface area contributed by atoms with Gasteiger partial charge in [0.05, 0.1) is 10.6 Å². The molecule has 1 heterocycles. The minimum Gasteiger partial charge on any atom is -0.255 e. The van der Waals surface area contributed by atoms with E-state index in [1.165, 1.54) is 6.07 Å². The van der Waals surface area contributed by atoms with Crippen LogP contribution in [0.5, 0.6) is 0 Å². The Balaban J connectivity index is 2.55. The molecule has 1 N–H and O–H groups in total. The molecule has 8 heteroatoms. The molecule has 0 amide bonds. The first-order chi connectivity index (χ1) is 7.88. The Morgan fingerprint density at radius 3 is 2.59 bits per heavy atom. The molecule has 0 aliphatic heterocycles. The molecule has 0 bridgehead atoms. The maximum Gasteiger partial charge on any atom is 0.417 e. The van der Waals surface area contributed by atoms with Gasteiger partial charge in [0.15, 0.2) is 0 Å². The van der Waals surface area contributed by atoms with Crippen molar-refractivity contribution >= 4 is 22.9 Å². The lowest BCUT2D eigenvalue weighted by atomic mass is 10.1. The van der Waals surface area contributed by atoms with E-state index < -0.39 is 16.6 Å². The lowest BCUT2D eigenvalue weighted by molar-refractivity contribution is -0.137. The molecular weight excluding hydrogens is 277 g/mol. The van der Waals surface area contributed by atoms with E-state index in [1.807, 2.05) is 0 Å². The lowest BCUT2D eigenvalue weighted by Gasteiger charge is -2.09. The van der Waals surface area contributed by atoms with Crippen molar-refractivity contribution in [3.63, 3.8) is 0 Å². The van der Waals surface area contributed by atoms with Crippen LogP contribution in [0.3, 0.4) is 0 Å². The number of benzene rings is 1. The summed E-state index contributed by atoms with van der Waals surface area (Å²) in [5, 5.41) is 5.55. The highest BCUT2D eigenvalue weighted by atomic mass is 35.5. The van der Waals surface area contributed by atoms with Crippen molar-refractivity contribution in [2.75, 3.05) is 0 Å². The second-order valence-electron chi connectivity index (χ2n) is 3.11. The lowest BCUT2D eigenvalue weighted by Crippen LogP contribution is -2.05. The molecule has 0 fully saturated rings. The van der Waals surface area contributed by atoms with Gasteiger partial charge in [0, 0.05) is 5.56 Å². The highest BCUT2D eigenvalue weighted by Crippen LogP contribution is 2.37. The van der Waals surface area contributed by atoms with Crippen molar-refractivity contribution in [3.05, 3.63) is 38.5 Å². The standard InChI is InChI=1S/C9H4ClF3N2OS/c10-6-2-1-4(3-5(6)9(11,12)13)7-14-15-8(16)17-7/h1-3H,(H,15,16). The summed E-state index contributed by atoms with van der Waals surface area (Å²) in [5.74, 6) is 0. The Labute approximate surface area is 102 Å². The molecule has 0 aliphatic rings. The molecule has 0 spiro atoms. The molecule has 0 unspecified atom stereocenters. The van der Waals surface area contributed by atoms with Crippen LogP contribution in [0.25, 0.3) is 10.6 Å². The number of H-pyrrole nitrogens is 1. The van der Waals surface area contributed by atoms with Crippen LogP contribution in [-0.2, 0) is 6.18 Å². The zero-order valence-corrected chi connectivity index (χ0v) is 9.58. The fraction of sp³-hybridized carbons (Fsp3) is 0.111. The molecule has 0 aliphatic carbocycles. The number of hydrogen-bond donors (Lipinski definition) is 1. The highest BCUT2D eigenvalue weighted by Gasteiger charge is 2.33. The summed E-state index contributed by atoms with van der Waals surface area (Å²) in [5.41, 5.74) is -0.746. The van der Waals surface area contributed by atoms with Crippen molar-refractivity contribution < 1.29 is 13.2 Å². The van der Waals surface area contributed by atoms with Gasteiger partial charge < -0.3 is 0 Å². The molecule has 2 rings (SSSR count). The van der Waals surface area contributed by atoms with Crippen LogP contribution >= 0.6 is 22.9 Å². The van der Waals surface area contributed by atoms with Gasteiger partial charge in [-0.2, -0.15) is 18.3 Å². The molecule has 17 heavy (non-hydrogen) atoms. The van der Waals surface area contributed by atoms with Crippen LogP contribution in [0.2, 0.25) is 5.02 Å². The van der Waals surface area contributed by atoms with E-state index in [9.17, 15) is 18.0 Å². The first-order valence-corrected chi connectivity index (χ1v) is 5.50. The summed E-state index contributed by atoms with van der Waals surface area (Å²) >= 11 is 6.20. The van der Waals surface area contributed by atoms with Crippen LogP contribution in [0, 0.1) is 0 Å². The van der Waals surface area contributed by atoms with E-state index in [2.05, 4.69) is 10.2 Å². The second-order valence-corrected chi connectivity index (χ2v) is 4.48. The van der Waals surface area contributed by atoms with E-state index in [0.717, 1.165) is 23.5 Å². The summed E-state index contributed by atoms with van der Waals surface area (Å²) in [4.78, 5) is 10.4. The quantitative estimate of drug-likeness (QED) is 0.872. The van der Waals surface area contributed by atoms with Gasteiger partial charge in [-0.15, -0.1) is 0 Å². The van der Waals surface area contributed by atoms with Crippen molar-refractivity contribution in [1.29, 1.82) is 0 Å². The molecule has 0 radical (unpaired) electrons. The fourth-order valence-electron chi connectivity index (χ4n) is 1.23. The average Bonchev–Trinajstić information content (AvgIpc) is 2.64. The largest absolute Gasteiger partial charge is 0.417 e. The second kappa shape index (κ2) is 4.15. The van der Waals surface area contributed by atoms with E-state index in [-0.39, 0.29) is 15.6 Å². The van der Waals surface area contributed by atoms with E-state index in [0.29, 0.717) is 0 Å². The van der Waals surface area contributed by atoms with Gasteiger partial charge in [0.2, 0.25) is 0 Å². The van der Waals surface area contributed by atoms with Gasteiger partial charge in [-0.25, -0.2) is 5.10 Å². The number of alkyl halides is 3. The van der Waals surface area contributed by atoms with Crippen molar-refractivity contribution in [2.45, 2.75) is 6.18 Å². The molecular formula is C9H4ClF3N2OS. The Morgan fingerprint density at radius 2 is 2.06 bits per heavy atom. The van der Waals surface area contributed by atoms with E-state index >= 15 is 0 Å². The van der Waals surface area contributed by atoms with E-state index in [4.69, 9.17) is 11.6 Å². The number of halogens is 4. The minimum absolute atomic E-state index is 0.192. The van der Waals surface area contributed by atoms with Crippen molar-refractivity contribution in [3.8, 4) is 10.6 Å². The van der Waals surface area contributed by atoms with Gasteiger partial charge in [-0.05, 0) is 12.1 Å². The van der Waals surface area contributed by atoms with Crippen LogP contribution in [0.4, 0.5) is 13.2 Å². The summed E-state index contributed by atoms with van der Waals surface area (Å²) in [6, 6.07) is 3.38. The number of nitrogens with one attached hydrogen (secondary N) is 1. The summed E-state index contributed by atoms with van der Waals surface area (Å²) in [7, 11) is 0. The average molecular weight is 281 g/mol. The molecule has 1 aromatic heterocycles. The maximum atomic E-state index is 12.6. The maximum absolute atomic E-state index is 12.6. The third-order valence-corrected chi connectivity index (χ3v) is 3.08. The number of hydrogen-bond acceptors (Lipinski definition) is 3. The Bertz CT molecular complexity index is 605. The third-order valence-electron chi connectivity index (χ3n) is 1.96. The SMILES string of the molecule is O=c1[nH]nc(-c2ccc(Cl)c(C(F)(F)F)c2)s1. The van der Waals surface area contributed by atoms with Gasteiger partial charge in [-0.3, -0.25) is 4.79 Å². The fourth-order valence-corrected chi connectivity index (χ4v) is 2.06. The van der Waals surface area contributed by atoms with Crippen molar-refractivity contribution in [2.24, 2.45) is 0 Å².